The normalized spacial score (nSPS) is 11.6. The summed E-state index contributed by atoms with van der Waals surface area (Å²) in [6, 6.07) is 0.358. The quantitative estimate of drug-likeness (QED) is 0.683. The average Bonchev–Trinajstić information content (AvgIpc) is 2.30. The molecule has 1 N–H and O–H groups in total. The van der Waals surface area contributed by atoms with E-state index in [1.54, 1.807) is 0 Å². The van der Waals surface area contributed by atoms with Crippen molar-refractivity contribution in [2.24, 2.45) is 0 Å². The highest BCUT2D eigenvalue weighted by Crippen LogP contribution is 2.34. The molecule has 1 rings (SSSR count). The molecule has 0 radical (unpaired) electrons. The second-order valence-corrected chi connectivity index (χ2v) is 3.45. The third kappa shape index (κ3) is 4.21. The molecule has 0 aromatic carbocycles. The topological polar surface area (TPSA) is 68.7 Å². The number of carbonyl (C=O) groups is 1. The van der Waals surface area contributed by atoms with Crippen molar-refractivity contribution in [3.63, 3.8) is 0 Å². The van der Waals surface area contributed by atoms with E-state index >= 15 is 0 Å². The lowest BCUT2D eigenvalue weighted by molar-refractivity contribution is -0.276. The van der Waals surface area contributed by atoms with Crippen molar-refractivity contribution < 1.29 is 41.3 Å². The van der Waals surface area contributed by atoms with E-state index in [0.717, 1.165) is 7.11 Å². The number of hydrogen-bond acceptors (Lipinski definition) is 5. The molecule has 0 saturated carbocycles. The lowest BCUT2D eigenvalue weighted by atomic mass is 10.1. The number of pyridine rings is 1. The number of carbonyl (C=O) groups excluding carboxylic acids is 1. The molecule has 0 aliphatic heterocycles. The van der Waals surface area contributed by atoms with Gasteiger partial charge in [-0.2, -0.15) is 0 Å². The molecular weight excluding hydrogens is 293 g/mol. The van der Waals surface area contributed by atoms with E-state index in [-0.39, 0.29) is 0 Å². The van der Waals surface area contributed by atoms with Gasteiger partial charge in [0, 0.05) is 5.56 Å². The fourth-order valence-electron chi connectivity index (χ4n) is 1.26. The summed E-state index contributed by atoms with van der Waals surface area (Å²) >= 11 is 0. The summed E-state index contributed by atoms with van der Waals surface area (Å²) in [5.74, 6) is -3.52. The van der Waals surface area contributed by atoms with Gasteiger partial charge in [-0.25, -0.2) is 13.8 Å². The fourth-order valence-corrected chi connectivity index (χ4v) is 1.26. The van der Waals surface area contributed by atoms with Crippen LogP contribution in [0.5, 0.6) is 11.6 Å². The minimum absolute atomic E-state index is 0.358. The number of halogens is 5. The first-order valence-electron chi connectivity index (χ1n) is 4.97. The van der Waals surface area contributed by atoms with Crippen molar-refractivity contribution in [1.82, 2.24) is 4.98 Å². The highest BCUT2D eigenvalue weighted by atomic mass is 19.4. The van der Waals surface area contributed by atoms with Gasteiger partial charge in [0.2, 0.25) is 0 Å². The molecule has 0 spiro atoms. The minimum atomic E-state index is -5.17. The van der Waals surface area contributed by atoms with Crippen LogP contribution >= 0.6 is 0 Å². The van der Waals surface area contributed by atoms with Crippen molar-refractivity contribution in [1.29, 1.82) is 0 Å². The van der Waals surface area contributed by atoms with Crippen LogP contribution in [0.25, 0.3) is 0 Å². The molecule has 0 saturated heterocycles. The van der Waals surface area contributed by atoms with Crippen LogP contribution in [0.4, 0.5) is 22.0 Å². The van der Waals surface area contributed by atoms with E-state index in [4.69, 9.17) is 0 Å². The lowest BCUT2D eigenvalue weighted by Crippen LogP contribution is -2.19. The number of hydrogen-bond donors (Lipinski definition) is 1. The largest absolute Gasteiger partial charge is 0.574 e. The molecule has 1 aromatic rings. The Bertz CT molecular complexity index is 503. The predicted octanol–water partition coefficient (Wildman–Crippen LogP) is 2.34. The first kappa shape index (κ1) is 15.9. The zero-order valence-corrected chi connectivity index (χ0v) is 9.87. The molecule has 112 valence electrons. The molecule has 0 atom stereocenters. The Morgan fingerprint density at radius 2 is 2.05 bits per heavy atom. The third-order valence-electron chi connectivity index (χ3n) is 2.07. The van der Waals surface area contributed by atoms with Gasteiger partial charge in [-0.3, -0.25) is 4.79 Å². The van der Waals surface area contributed by atoms with E-state index in [2.05, 4.69) is 14.5 Å². The highest BCUT2D eigenvalue weighted by Gasteiger charge is 2.34. The molecule has 0 unspecified atom stereocenters. The molecule has 1 heterocycles. The third-order valence-corrected chi connectivity index (χ3v) is 2.07. The molecule has 0 bridgehead atoms. The van der Waals surface area contributed by atoms with Crippen molar-refractivity contribution in [2.75, 3.05) is 7.11 Å². The number of ether oxygens (including phenoxy) is 2. The van der Waals surface area contributed by atoms with Gasteiger partial charge in [0.15, 0.2) is 5.75 Å². The van der Waals surface area contributed by atoms with Crippen LogP contribution in [-0.4, -0.2) is 29.5 Å². The Kier molecular flexibility index (Phi) is 4.69. The SMILES string of the molecule is COC(=O)Cc1nc(OC(F)(F)F)c(O)cc1C(F)F. The molecule has 1 aromatic heterocycles. The first-order chi connectivity index (χ1) is 9.14. The number of alkyl halides is 5. The van der Waals surface area contributed by atoms with E-state index in [1.807, 2.05) is 0 Å². The molecule has 20 heavy (non-hydrogen) atoms. The summed E-state index contributed by atoms with van der Waals surface area (Å²) in [6.45, 7) is 0. The van der Waals surface area contributed by atoms with Gasteiger partial charge in [0.25, 0.3) is 12.3 Å². The summed E-state index contributed by atoms with van der Waals surface area (Å²) in [5.41, 5.74) is -1.56. The van der Waals surface area contributed by atoms with Crippen LogP contribution in [0.3, 0.4) is 0 Å². The van der Waals surface area contributed by atoms with Gasteiger partial charge in [0.1, 0.15) is 0 Å². The lowest BCUT2D eigenvalue weighted by Gasteiger charge is -2.13. The summed E-state index contributed by atoms with van der Waals surface area (Å²) in [7, 11) is 0.970. The van der Waals surface area contributed by atoms with Crippen molar-refractivity contribution in [3.05, 3.63) is 17.3 Å². The summed E-state index contributed by atoms with van der Waals surface area (Å²) < 4.78 is 69.0. The van der Waals surface area contributed by atoms with Crippen molar-refractivity contribution >= 4 is 5.97 Å². The smallest absolute Gasteiger partial charge is 0.503 e. The number of methoxy groups -OCH3 is 1. The van der Waals surface area contributed by atoms with Gasteiger partial charge in [-0.1, -0.05) is 0 Å². The van der Waals surface area contributed by atoms with Crippen LogP contribution in [0, 0.1) is 0 Å². The number of aromatic hydroxyl groups is 1. The number of rotatable bonds is 4. The standard InChI is InChI=1S/C10H8F5NO4/c1-19-7(18)3-5-4(8(11)12)2-6(17)9(16-5)20-10(13,14)15/h2,8,17H,3H2,1H3. The van der Waals surface area contributed by atoms with Crippen LogP contribution in [0.1, 0.15) is 17.7 Å². The zero-order chi connectivity index (χ0) is 15.5. The molecule has 0 amide bonds. The predicted molar refractivity (Wildman–Crippen MR) is 53.3 cm³/mol. The molecule has 0 aliphatic carbocycles. The van der Waals surface area contributed by atoms with Crippen molar-refractivity contribution in [3.8, 4) is 11.6 Å². The maximum Gasteiger partial charge on any atom is 0.574 e. The molecule has 10 heteroatoms. The monoisotopic (exact) mass is 301 g/mol. The molecule has 0 fully saturated rings. The van der Waals surface area contributed by atoms with Crippen LogP contribution in [-0.2, 0) is 16.0 Å². The van der Waals surface area contributed by atoms with Crippen LogP contribution < -0.4 is 4.74 Å². The Morgan fingerprint density at radius 3 is 2.50 bits per heavy atom. The van der Waals surface area contributed by atoms with Crippen molar-refractivity contribution in [2.45, 2.75) is 19.2 Å². The van der Waals surface area contributed by atoms with Crippen LogP contribution in [0.15, 0.2) is 6.07 Å². The van der Waals surface area contributed by atoms with Gasteiger partial charge in [0.05, 0.1) is 19.2 Å². The molecule has 0 aliphatic rings. The maximum atomic E-state index is 12.7. The summed E-state index contributed by atoms with van der Waals surface area (Å²) in [5, 5.41) is 9.18. The maximum absolute atomic E-state index is 12.7. The average molecular weight is 301 g/mol. The Balaban J connectivity index is 3.23. The van der Waals surface area contributed by atoms with Gasteiger partial charge in [-0.05, 0) is 6.07 Å². The Hall–Kier alpha value is -2.13. The summed E-state index contributed by atoms with van der Waals surface area (Å²) in [4.78, 5) is 14.1. The minimum Gasteiger partial charge on any atom is -0.503 e. The van der Waals surface area contributed by atoms with E-state index < -0.39 is 48.1 Å². The second-order valence-electron chi connectivity index (χ2n) is 3.45. The van der Waals surface area contributed by atoms with Crippen LogP contribution in [0.2, 0.25) is 0 Å². The first-order valence-corrected chi connectivity index (χ1v) is 4.97. The fraction of sp³-hybridized carbons (Fsp3) is 0.400. The molecular formula is C10H8F5NO4. The number of aromatic nitrogens is 1. The zero-order valence-electron chi connectivity index (χ0n) is 9.87. The number of esters is 1. The Labute approximate surface area is 108 Å². The molecule has 5 nitrogen and oxygen atoms in total. The highest BCUT2D eigenvalue weighted by molar-refractivity contribution is 5.72. The van der Waals surface area contributed by atoms with E-state index in [1.165, 1.54) is 0 Å². The van der Waals surface area contributed by atoms with Gasteiger partial charge in [-0.15, -0.1) is 13.2 Å². The number of nitrogens with zero attached hydrogens (tertiary/aromatic N) is 1. The Morgan fingerprint density at radius 1 is 1.45 bits per heavy atom. The second kappa shape index (κ2) is 5.88. The summed E-state index contributed by atoms with van der Waals surface area (Å²) in [6.07, 6.45) is -9.10. The van der Waals surface area contributed by atoms with E-state index in [9.17, 15) is 31.9 Å². The van der Waals surface area contributed by atoms with Gasteiger partial charge >= 0.3 is 12.3 Å². The van der Waals surface area contributed by atoms with Gasteiger partial charge < -0.3 is 14.6 Å². The van der Waals surface area contributed by atoms with E-state index in [0.29, 0.717) is 6.07 Å².